The minimum atomic E-state index is -0.454. The molecule has 0 radical (unpaired) electrons. The largest absolute Gasteiger partial charge is 0.350 e. The lowest BCUT2D eigenvalue weighted by Crippen LogP contribution is -2.18. The van der Waals surface area contributed by atoms with Crippen LogP contribution in [0.3, 0.4) is 0 Å². The fourth-order valence-corrected chi connectivity index (χ4v) is 4.16. The number of nitrogens with zero attached hydrogens (tertiary/aromatic N) is 3. The molecular formula is C26H21N5O3. The van der Waals surface area contributed by atoms with Crippen molar-refractivity contribution in [2.24, 2.45) is 5.10 Å². The van der Waals surface area contributed by atoms with Gasteiger partial charge in [0.1, 0.15) is 5.69 Å². The predicted molar refractivity (Wildman–Crippen MR) is 132 cm³/mol. The molecule has 168 valence electrons. The predicted octanol–water partition coefficient (Wildman–Crippen LogP) is 5.15. The van der Waals surface area contributed by atoms with Crippen molar-refractivity contribution in [2.75, 3.05) is 0 Å². The summed E-state index contributed by atoms with van der Waals surface area (Å²) in [6.45, 7) is 2.47. The molecule has 0 aliphatic carbocycles. The average molecular weight is 451 g/mol. The molecule has 0 unspecified atom stereocenters. The highest BCUT2D eigenvalue weighted by Crippen LogP contribution is 2.26. The molecule has 5 rings (SSSR count). The lowest BCUT2D eigenvalue weighted by molar-refractivity contribution is -0.384. The Labute approximate surface area is 194 Å². The Hall–Kier alpha value is -4.72. The molecule has 0 atom stereocenters. The number of rotatable bonds is 6. The summed E-state index contributed by atoms with van der Waals surface area (Å²) in [7, 11) is 0. The van der Waals surface area contributed by atoms with Crippen molar-refractivity contribution in [3.63, 3.8) is 0 Å². The Kier molecular flexibility index (Phi) is 5.39. The molecule has 8 nitrogen and oxygen atoms in total. The number of nitro groups is 1. The number of hydrazone groups is 1. The number of para-hydroxylation sites is 1. The fraction of sp³-hybridized carbons (Fsp3) is 0.0769. The summed E-state index contributed by atoms with van der Waals surface area (Å²) in [4.78, 5) is 26.4. The maximum atomic E-state index is 12.8. The smallest absolute Gasteiger partial charge is 0.288 e. The summed E-state index contributed by atoms with van der Waals surface area (Å²) in [6, 6.07) is 22.7. The number of non-ortho nitro benzene ring substituents is 1. The topological polar surface area (TPSA) is 105 Å². The van der Waals surface area contributed by atoms with Gasteiger partial charge in [-0.1, -0.05) is 48.5 Å². The standard InChI is InChI=1S/C26H21N5O3/c1-17-22-13-20(31(33)34)11-12-23(22)28-25(17)26(32)29-27-14-19-16-30(15-18-7-3-2-4-8-18)24-10-6-5-9-21(19)24/h2-14,16,28H,15H2,1H3,(H,29,32)/b27-14-. The van der Waals surface area contributed by atoms with Crippen LogP contribution < -0.4 is 5.43 Å². The first-order valence-corrected chi connectivity index (χ1v) is 10.7. The first-order chi connectivity index (χ1) is 16.5. The van der Waals surface area contributed by atoms with Crippen LogP contribution in [0.5, 0.6) is 0 Å². The number of carbonyl (C=O) groups is 1. The van der Waals surface area contributed by atoms with Crippen molar-refractivity contribution in [3.05, 3.63) is 111 Å². The second-order valence-corrected chi connectivity index (χ2v) is 8.03. The zero-order chi connectivity index (χ0) is 23.7. The third kappa shape index (κ3) is 3.93. The molecule has 2 heterocycles. The molecule has 0 saturated carbocycles. The van der Waals surface area contributed by atoms with Gasteiger partial charge in [0.05, 0.1) is 11.1 Å². The lowest BCUT2D eigenvalue weighted by Gasteiger charge is -2.05. The Morgan fingerprint density at radius 3 is 2.65 bits per heavy atom. The maximum absolute atomic E-state index is 12.8. The second kappa shape index (κ2) is 8.67. The van der Waals surface area contributed by atoms with Gasteiger partial charge in [-0.05, 0) is 30.2 Å². The van der Waals surface area contributed by atoms with E-state index in [1.54, 1.807) is 19.2 Å². The number of nitrogens with one attached hydrogen (secondary N) is 2. The molecule has 5 aromatic rings. The van der Waals surface area contributed by atoms with Gasteiger partial charge in [-0.3, -0.25) is 14.9 Å². The molecule has 8 heteroatoms. The quantitative estimate of drug-likeness (QED) is 0.212. The molecule has 0 aliphatic rings. The third-order valence-electron chi connectivity index (χ3n) is 5.86. The van der Waals surface area contributed by atoms with Gasteiger partial charge in [0.2, 0.25) is 0 Å². The van der Waals surface area contributed by atoms with Crippen LogP contribution in [-0.2, 0) is 6.54 Å². The van der Waals surface area contributed by atoms with Crippen LogP contribution in [0.1, 0.15) is 27.2 Å². The van der Waals surface area contributed by atoms with Gasteiger partial charge in [-0.2, -0.15) is 5.10 Å². The van der Waals surface area contributed by atoms with Crippen molar-refractivity contribution in [2.45, 2.75) is 13.5 Å². The first-order valence-electron chi connectivity index (χ1n) is 10.7. The molecule has 3 aromatic carbocycles. The van der Waals surface area contributed by atoms with Gasteiger partial charge in [-0.25, -0.2) is 5.43 Å². The molecular weight excluding hydrogens is 430 g/mol. The van der Waals surface area contributed by atoms with Crippen molar-refractivity contribution in [3.8, 4) is 0 Å². The number of hydrogen-bond donors (Lipinski definition) is 2. The molecule has 34 heavy (non-hydrogen) atoms. The van der Waals surface area contributed by atoms with E-state index in [0.717, 1.165) is 23.0 Å². The number of benzene rings is 3. The molecule has 2 N–H and O–H groups in total. The van der Waals surface area contributed by atoms with Gasteiger partial charge in [0, 0.05) is 52.2 Å². The van der Waals surface area contributed by atoms with Crippen molar-refractivity contribution < 1.29 is 9.72 Å². The summed E-state index contributed by atoms with van der Waals surface area (Å²) >= 11 is 0. The Morgan fingerprint density at radius 2 is 1.85 bits per heavy atom. The summed E-state index contributed by atoms with van der Waals surface area (Å²) in [5.41, 5.74) is 7.30. The number of amides is 1. The van der Waals surface area contributed by atoms with E-state index in [-0.39, 0.29) is 5.69 Å². The minimum Gasteiger partial charge on any atom is -0.350 e. The normalized spacial score (nSPS) is 11.4. The van der Waals surface area contributed by atoms with E-state index in [1.807, 2.05) is 42.6 Å². The van der Waals surface area contributed by atoms with Gasteiger partial charge in [0.25, 0.3) is 11.6 Å². The van der Waals surface area contributed by atoms with Crippen LogP contribution in [0.25, 0.3) is 21.8 Å². The van der Waals surface area contributed by atoms with Crippen LogP contribution in [0.2, 0.25) is 0 Å². The highest BCUT2D eigenvalue weighted by Gasteiger charge is 2.17. The van der Waals surface area contributed by atoms with Crippen LogP contribution in [0.15, 0.2) is 84.1 Å². The van der Waals surface area contributed by atoms with Crippen LogP contribution in [-0.4, -0.2) is 26.6 Å². The zero-order valence-corrected chi connectivity index (χ0v) is 18.4. The Bertz CT molecular complexity index is 1560. The highest BCUT2D eigenvalue weighted by atomic mass is 16.6. The van der Waals surface area contributed by atoms with Crippen molar-refractivity contribution >= 4 is 39.6 Å². The van der Waals surface area contributed by atoms with Crippen molar-refractivity contribution in [1.82, 2.24) is 15.0 Å². The Balaban J connectivity index is 1.39. The zero-order valence-electron chi connectivity index (χ0n) is 18.4. The number of H-pyrrole nitrogens is 1. The lowest BCUT2D eigenvalue weighted by atomic mass is 10.1. The molecule has 0 bridgehead atoms. The van der Waals surface area contributed by atoms with Crippen LogP contribution >= 0.6 is 0 Å². The second-order valence-electron chi connectivity index (χ2n) is 8.03. The van der Waals surface area contributed by atoms with E-state index in [4.69, 9.17) is 0 Å². The fourth-order valence-electron chi connectivity index (χ4n) is 4.16. The van der Waals surface area contributed by atoms with Crippen molar-refractivity contribution in [1.29, 1.82) is 0 Å². The van der Waals surface area contributed by atoms with Gasteiger partial charge < -0.3 is 9.55 Å². The third-order valence-corrected chi connectivity index (χ3v) is 5.86. The number of fused-ring (bicyclic) bond motifs is 2. The Morgan fingerprint density at radius 1 is 1.09 bits per heavy atom. The molecule has 1 amide bonds. The number of aromatic nitrogens is 2. The van der Waals surface area contributed by atoms with E-state index in [9.17, 15) is 14.9 Å². The van der Waals surface area contributed by atoms with Crippen LogP contribution in [0.4, 0.5) is 5.69 Å². The molecule has 0 saturated heterocycles. The monoisotopic (exact) mass is 451 g/mol. The number of aromatic amines is 1. The first kappa shape index (κ1) is 21.1. The van der Waals surface area contributed by atoms with E-state index in [0.29, 0.717) is 22.2 Å². The van der Waals surface area contributed by atoms with E-state index >= 15 is 0 Å². The van der Waals surface area contributed by atoms with Gasteiger partial charge in [0.15, 0.2) is 0 Å². The molecule has 0 aliphatic heterocycles. The summed E-state index contributed by atoms with van der Waals surface area (Å²) in [6.07, 6.45) is 3.64. The summed E-state index contributed by atoms with van der Waals surface area (Å²) < 4.78 is 2.16. The average Bonchev–Trinajstić information content (AvgIpc) is 3.37. The summed E-state index contributed by atoms with van der Waals surface area (Å²) in [5, 5.41) is 16.9. The number of nitro benzene ring substituents is 1. The SMILES string of the molecule is Cc1c(C(=O)N/N=C\c2cn(Cc3ccccc3)c3ccccc23)[nH]c2ccc([N+](=O)[O-])cc12. The highest BCUT2D eigenvalue weighted by molar-refractivity contribution is 6.03. The number of aryl methyl sites for hydroxylation is 1. The minimum absolute atomic E-state index is 0.0218. The van der Waals surface area contributed by atoms with E-state index in [2.05, 4.69) is 38.3 Å². The van der Waals surface area contributed by atoms with E-state index in [1.165, 1.54) is 17.7 Å². The van der Waals surface area contributed by atoms with Crippen LogP contribution in [0, 0.1) is 17.0 Å². The molecule has 0 spiro atoms. The van der Waals surface area contributed by atoms with E-state index < -0.39 is 10.8 Å². The van der Waals surface area contributed by atoms with Gasteiger partial charge >= 0.3 is 0 Å². The molecule has 0 fully saturated rings. The molecule has 2 aromatic heterocycles. The number of hydrogen-bond acceptors (Lipinski definition) is 4. The van der Waals surface area contributed by atoms with Gasteiger partial charge in [-0.15, -0.1) is 0 Å². The number of carbonyl (C=O) groups excluding carboxylic acids is 1. The maximum Gasteiger partial charge on any atom is 0.288 e. The summed E-state index contributed by atoms with van der Waals surface area (Å²) in [5.74, 6) is -0.416.